The standard InChI is InChI=1S/C25H28N2O2S/c28-16-7-14-27(19-24(29)26-15-12-23-22(18-26)13-17-30-23)25(20-8-3-1-4-9-20)21-10-5-2-6-11-21/h1-6,8-11,13,17,25,28H,7,12,14-16,18-19H2. The fraction of sp³-hybridized carbons (Fsp3) is 0.320. The molecule has 2 heterocycles. The highest BCUT2D eigenvalue weighted by molar-refractivity contribution is 7.10. The summed E-state index contributed by atoms with van der Waals surface area (Å²) in [6.07, 6.45) is 1.58. The minimum absolute atomic E-state index is 0.0237. The Kier molecular flexibility index (Phi) is 6.95. The molecule has 0 unspecified atom stereocenters. The number of rotatable bonds is 8. The molecule has 3 aromatic rings. The summed E-state index contributed by atoms with van der Waals surface area (Å²) in [6, 6.07) is 22.8. The van der Waals surface area contributed by atoms with Crippen LogP contribution in [-0.4, -0.2) is 47.1 Å². The Morgan fingerprint density at radius 1 is 1.03 bits per heavy atom. The zero-order valence-corrected chi connectivity index (χ0v) is 17.9. The number of amides is 1. The maximum Gasteiger partial charge on any atom is 0.237 e. The van der Waals surface area contributed by atoms with E-state index in [9.17, 15) is 9.90 Å². The van der Waals surface area contributed by atoms with Crippen molar-refractivity contribution in [2.75, 3.05) is 26.2 Å². The van der Waals surface area contributed by atoms with Gasteiger partial charge in [0.05, 0.1) is 12.6 Å². The lowest BCUT2D eigenvalue weighted by atomic mass is 9.96. The van der Waals surface area contributed by atoms with Gasteiger partial charge in [0.2, 0.25) is 5.91 Å². The Morgan fingerprint density at radius 2 is 1.70 bits per heavy atom. The first-order chi connectivity index (χ1) is 14.8. The number of thiophene rings is 1. The van der Waals surface area contributed by atoms with Crippen molar-refractivity contribution < 1.29 is 9.90 Å². The van der Waals surface area contributed by atoms with E-state index in [-0.39, 0.29) is 18.6 Å². The fourth-order valence-electron chi connectivity index (χ4n) is 4.19. The van der Waals surface area contributed by atoms with Crippen LogP contribution in [-0.2, 0) is 17.8 Å². The number of aliphatic hydroxyl groups is 1. The molecule has 0 aliphatic carbocycles. The first-order valence-electron chi connectivity index (χ1n) is 10.5. The Morgan fingerprint density at radius 3 is 2.33 bits per heavy atom. The molecular weight excluding hydrogens is 392 g/mol. The summed E-state index contributed by atoms with van der Waals surface area (Å²) < 4.78 is 0. The highest BCUT2D eigenvalue weighted by atomic mass is 32.1. The number of carbonyl (C=O) groups is 1. The lowest BCUT2D eigenvalue weighted by molar-refractivity contribution is -0.133. The van der Waals surface area contributed by atoms with E-state index >= 15 is 0 Å². The number of nitrogens with zero attached hydrogens (tertiary/aromatic N) is 2. The molecule has 5 heteroatoms. The third-order valence-electron chi connectivity index (χ3n) is 5.70. The molecule has 4 nitrogen and oxygen atoms in total. The van der Waals surface area contributed by atoms with Gasteiger partial charge in [0.15, 0.2) is 0 Å². The Balaban J connectivity index is 1.59. The summed E-state index contributed by atoms with van der Waals surface area (Å²) in [5, 5.41) is 11.6. The van der Waals surface area contributed by atoms with Gasteiger partial charge in [-0.25, -0.2) is 0 Å². The molecule has 0 spiro atoms. The van der Waals surface area contributed by atoms with Crippen LogP contribution in [0.1, 0.15) is 34.0 Å². The first-order valence-corrected chi connectivity index (χ1v) is 11.4. The molecule has 0 radical (unpaired) electrons. The van der Waals surface area contributed by atoms with E-state index in [1.54, 1.807) is 11.3 Å². The maximum absolute atomic E-state index is 13.3. The topological polar surface area (TPSA) is 43.8 Å². The van der Waals surface area contributed by atoms with Gasteiger partial charge >= 0.3 is 0 Å². The van der Waals surface area contributed by atoms with Crippen molar-refractivity contribution in [3.8, 4) is 0 Å². The molecule has 0 saturated carbocycles. The number of benzene rings is 2. The molecular formula is C25H28N2O2S. The van der Waals surface area contributed by atoms with Crippen LogP contribution in [0.15, 0.2) is 72.1 Å². The van der Waals surface area contributed by atoms with Gasteiger partial charge in [-0.1, -0.05) is 60.7 Å². The number of fused-ring (bicyclic) bond motifs is 1. The van der Waals surface area contributed by atoms with Crippen LogP contribution in [0.25, 0.3) is 0 Å². The third kappa shape index (κ3) is 4.81. The molecule has 0 fully saturated rings. The van der Waals surface area contributed by atoms with Gasteiger partial charge < -0.3 is 10.0 Å². The molecule has 1 aliphatic rings. The predicted molar refractivity (Wildman–Crippen MR) is 121 cm³/mol. The first kappa shape index (κ1) is 20.8. The van der Waals surface area contributed by atoms with Crippen LogP contribution in [0.5, 0.6) is 0 Å². The largest absolute Gasteiger partial charge is 0.396 e. The summed E-state index contributed by atoms with van der Waals surface area (Å²) in [4.78, 5) is 18.9. The van der Waals surface area contributed by atoms with Gasteiger partial charge in [-0.15, -0.1) is 11.3 Å². The second kappa shape index (κ2) is 10.0. The van der Waals surface area contributed by atoms with Crippen LogP contribution in [0.4, 0.5) is 0 Å². The van der Waals surface area contributed by atoms with E-state index in [1.807, 2.05) is 41.3 Å². The van der Waals surface area contributed by atoms with Crippen molar-refractivity contribution in [1.82, 2.24) is 9.80 Å². The van der Waals surface area contributed by atoms with Crippen molar-refractivity contribution in [2.45, 2.75) is 25.4 Å². The van der Waals surface area contributed by atoms with Gasteiger partial charge in [0.1, 0.15) is 0 Å². The van der Waals surface area contributed by atoms with Gasteiger partial charge in [0.25, 0.3) is 0 Å². The summed E-state index contributed by atoms with van der Waals surface area (Å²) in [6.45, 7) is 2.60. The van der Waals surface area contributed by atoms with E-state index in [0.29, 0.717) is 26.1 Å². The molecule has 1 N–H and O–H groups in total. The Bertz CT molecular complexity index is 903. The SMILES string of the molecule is O=C(CN(CCCO)C(c1ccccc1)c1ccccc1)N1CCc2sccc2C1. The number of aliphatic hydroxyl groups excluding tert-OH is 1. The van der Waals surface area contributed by atoms with Crippen molar-refractivity contribution in [2.24, 2.45) is 0 Å². The number of hydrogen-bond donors (Lipinski definition) is 1. The van der Waals surface area contributed by atoms with E-state index < -0.39 is 0 Å². The molecule has 0 bridgehead atoms. The maximum atomic E-state index is 13.3. The molecule has 1 aromatic heterocycles. The van der Waals surface area contributed by atoms with Gasteiger partial charge in [-0.3, -0.25) is 9.69 Å². The molecule has 4 rings (SSSR count). The summed E-state index contributed by atoms with van der Waals surface area (Å²) in [5.74, 6) is 0.154. The minimum atomic E-state index is -0.0237. The van der Waals surface area contributed by atoms with E-state index in [2.05, 4.69) is 40.6 Å². The van der Waals surface area contributed by atoms with Gasteiger partial charge in [0, 0.05) is 31.1 Å². The Labute approximate surface area is 182 Å². The molecule has 0 saturated heterocycles. The summed E-state index contributed by atoms with van der Waals surface area (Å²) in [5.41, 5.74) is 3.60. The molecule has 0 atom stereocenters. The Hall–Kier alpha value is -2.47. The summed E-state index contributed by atoms with van der Waals surface area (Å²) >= 11 is 1.79. The average Bonchev–Trinajstić information content (AvgIpc) is 3.27. The van der Waals surface area contributed by atoms with Crippen LogP contribution < -0.4 is 0 Å². The molecule has 30 heavy (non-hydrogen) atoms. The van der Waals surface area contributed by atoms with Gasteiger partial charge in [-0.05, 0) is 41.0 Å². The predicted octanol–water partition coefficient (Wildman–Crippen LogP) is 4.11. The number of carbonyl (C=O) groups excluding carboxylic acids is 1. The van der Waals surface area contributed by atoms with Gasteiger partial charge in [-0.2, -0.15) is 0 Å². The van der Waals surface area contributed by atoms with E-state index in [4.69, 9.17) is 0 Å². The highest BCUT2D eigenvalue weighted by Crippen LogP contribution is 2.30. The zero-order chi connectivity index (χ0) is 20.8. The quantitative estimate of drug-likeness (QED) is 0.597. The lowest BCUT2D eigenvalue weighted by Crippen LogP contribution is -2.44. The number of hydrogen-bond acceptors (Lipinski definition) is 4. The highest BCUT2D eigenvalue weighted by Gasteiger charge is 2.28. The van der Waals surface area contributed by atoms with Crippen molar-refractivity contribution in [1.29, 1.82) is 0 Å². The molecule has 1 amide bonds. The lowest BCUT2D eigenvalue weighted by Gasteiger charge is -2.35. The van der Waals surface area contributed by atoms with Crippen molar-refractivity contribution in [3.63, 3.8) is 0 Å². The van der Waals surface area contributed by atoms with Crippen LogP contribution in [0.3, 0.4) is 0 Å². The average molecular weight is 421 g/mol. The van der Waals surface area contributed by atoms with Crippen molar-refractivity contribution >= 4 is 17.2 Å². The molecule has 1 aliphatic heterocycles. The smallest absolute Gasteiger partial charge is 0.237 e. The third-order valence-corrected chi connectivity index (χ3v) is 6.72. The second-order valence-electron chi connectivity index (χ2n) is 7.71. The van der Waals surface area contributed by atoms with Crippen molar-refractivity contribution in [3.05, 3.63) is 93.7 Å². The van der Waals surface area contributed by atoms with E-state index in [0.717, 1.165) is 24.1 Å². The minimum Gasteiger partial charge on any atom is -0.396 e. The summed E-state index contributed by atoms with van der Waals surface area (Å²) in [7, 11) is 0. The normalized spacial score (nSPS) is 13.6. The fourth-order valence-corrected chi connectivity index (χ4v) is 5.08. The zero-order valence-electron chi connectivity index (χ0n) is 17.1. The molecule has 156 valence electrons. The van der Waals surface area contributed by atoms with Crippen LogP contribution in [0, 0.1) is 0 Å². The molecule has 2 aromatic carbocycles. The van der Waals surface area contributed by atoms with Crippen LogP contribution in [0.2, 0.25) is 0 Å². The monoisotopic (exact) mass is 420 g/mol. The van der Waals surface area contributed by atoms with E-state index in [1.165, 1.54) is 10.4 Å². The second-order valence-corrected chi connectivity index (χ2v) is 8.71. The van der Waals surface area contributed by atoms with Crippen LogP contribution >= 0.6 is 11.3 Å².